The summed E-state index contributed by atoms with van der Waals surface area (Å²) >= 11 is 0. The third-order valence-electron chi connectivity index (χ3n) is 1.69. The third-order valence-corrected chi connectivity index (χ3v) is 1.69. The van der Waals surface area contributed by atoms with Gasteiger partial charge in [0.2, 0.25) is 0 Å². The van der Waals surface area contributed by atoms with Gasteiger partial charge in [-0.3, -0.25) is 0 Å². The predicted octanol–water partition coefficient (Wildman–Crippen LogP) is 1.87. The van der Waals surface area contributed by atoms with E-state index in [-0.39, 0.29) is 13.2 Å². The molecule has 0 saturated carbocycles. The van der Waals surface area contributed by atoms with E-state index >= 15 is 0 Å². The van der Waals surface area contributed by atoms with E-state index in [9.17, 15) is 26.3 Å². The highest BCUT2D eigenvalue weighted by molar-refractivity contribution is 4.75. The second-order valence-corrected chi connectivity index (χ2v) is 2.95. The number of halogens is 6. The average molecular weight is 254 g/mol. The molecule has 0 aromatic carbocycles. The van der Waals surface area contributed by atoms with Crippen LogP contribution in [0.15, 0.2) is 0 Å². The Morgan fingerprint density at radius 3 is 2.06 bits per heavy atom. The van der Waals surface area contributed by atoms with Crippen molar-refractivity contribution in [2.45, 2.75) is 24.7 Å². The molecule has 0 aromatic rings. The summed E-state index contributed by atoms with van der Waals surface area (Å²) in [6.07, 6.45) is -16.2. The van der Waals surface area contributed by atoms with Crippen molar-refractivity contribution >= 4 is 0 Å². The minimum atomic E-state index is -5.68. The topological polar surface area (TPSA) is 27.7 Å². The normalized spacial score (nSPS) is 21.4. The molecule has 0 spiro atoms. The van der Waals surface area contributed by atoms with Gasteiger partial charge in [0.05, 0.1) is 13.2 Å². The zero-order valence-corrected chi connectivity index (χ0v) is 7.77. The molecule has 1 rings (SSSR count). The molecule has 1 atom stereocenters. The zero-order chi connectivity index (χ0) is 12.4. The monoisotopic (exact) mass is 254 g/mol. The summed E-state index contributed by atoms with van der Waals surface area (Å²) in [4.78, 5) is 0. The lowest BCUT2D eigenvalue weighted by molar-refractivity contribution is -0.344. The summed E-state index contributed by atoms with van der Waals surface area (Å²) < 4.78 is 85.1. The van der Waals surface area contributed by atoms with Crippen LogP contribution in [-0.2, 0) is 14.2 Å². The molecule has 96 valence electrons. The van der Waals surface area contributed by atoms with Crippen molar-refractivity contribution in [3.8, 4) is 0 Å². The van der Waals surface area contributed by atoms with Crippen LogP contribution in [0.2, 0.25) is 0 Å². The third kappa shape index (κ3) is 3.49. The van der Waals surface area contributed by atoms with Crippen molar-refractivity contribution in [3.63, 3.8) is 0 Å². The first-order valence-electron chi connectivity index (χ1n) is 4.19. The molecule has 0 radical (unpaired) electrons. The molecule has 3 nitrogen and oxygen atoms in total. The largest absolute Gasteiger partial charge is 0.428 e. The minimum Gasteiger partial charge on any atom is -0.348 e. The summed E-state index contributed by atoms with van der Waals surface area (Å²) in [6, 6.07) is 0. The quantitative estimate of drug-likeness (QED) is 0.717. The van der Waals surface area contributed by atoms with E-state index in [1.165, 1.54) is 0 Å². The van der Waals surface area contributed by atoms with Crippen LogP contribution in [-0.4, -0.2) is 44.6 Å². The summed E-state index contributed by atoms with van der Waals surface area (Å²) in [5.41, 5.74) is 0. The van der Waals surface area contributed by atoms with Gasteiger partial charge >= 0.3 is 12.3 Å². The highest BCUT2D eigenvalue weighted by Crippen LogP contribution is 2.35. The van der Waals surface area contributed by atoms with Gasteiger partial charge in [-0.1, -0.05) is 0 Å². The van der Waals surface area contributed by atoms with Crippen LogP contribution in [0.3, 0.4) is 0 Å². The van der Waals surface area contributed by atoms with Crippen LogP contribution >= 0.6 is 0 Å². The van der Waals surface area contributed by atoms with E-state index in [1.54, 1.807) is 0 Å². The Kier molecular flexibility index (Phi) is 4.02. The Morgan fingerprint density at radius 1 is 1.12 bits per heavy atom. The molecular weight excluding hydrogens is 246 g/mol. The SMILES string of the molecule is FC(C(F)(F)F)C(F)(F)OCC1OCCO1. The Hall–Kier alpha value is -0.540. The fourth-order valence-electron chi connectivity index (χ4n) is 0.946. The van der Waals surface area contributed by atoms with Crippen molar-refractivity contribution in [3.05, 3.63) is 0 Å². The van der Waals surface area contributed by atoms with Crippen LogP contribution in [0, 0.1) is 0 Å². The maximum absolute atomic E-state index is 12.5. The van der Waals surface area contributed by atoms with Crippen LogP contribution < -0.4 is 0 Å². The van der Waals surface area contributed by atoms with Crippen molar-refractivity contribution in [1.82, 2.24) is 0 Å². The van der Waals surface area contributed by atoms with Gasteiger partial charge in [-0.2, -0.15) is 22.0 Å². The molecule has 0 bridgehead atoms. The molecule has 0 aromatic heterocycles. The lowest BCUT2D eigenvalue weighted by Gasteiger charge is -2.23. The standard InChI is InChI=1S/C7H8F6O3/c8-5(6(9,10)11)7(12,13)16-3-4-14-1-2-15-4/h4-5H,1-3H2. The second-order valence-electron chi connectivity index (χ2n) is 2.95. The van der Waals surface area contributed by atoms with Crippen LogP contribution in [0.1, 0.15) is 0 Å². The number of hydrogen-bond acceptors (Lipinski definition) is 3. The van der Waals surface area contributed by atoms with Crippen molar-refractivity contribution < 1.29 is 40.6 Å². The van der Waals surface area contributed by atoms with Crippen molar-refractivity contribution in [2.75, 3.05) is 19.8 Å². The molecule has 9 heteroatoms. The smallest absolute Gasteiger partial charge is 0.348 e. The van der Waals surface area contributed by atoms with Crippen LogP contribution in [0.4, 0.5) is 26.3 Å². The lowest BCUT2D eigenvalue weighted by Crippen LogP contribution is -2.44. The zero-order valence-electron chi connectivity index (χ0n) is 7.77. The maximum Gasteiger partial charge on any atom is 0.428 e. The van der Waals surface area contributed by atoms with E-state index in [1.807, 2.05) is 0 Å². The van der Waals surface area contributed by atoms with Crippen molar-refractivity contribution in [1.29, 1.82) is 0 Å². The summed E-state index contributed by atoms with van der Waals surface area (Å²) in [6.45, 7) is -0.723. The first-order chi connectivity index (χ1) is 7.23. The van der Waals surface area contributed by atoms with E-state index in [2.05, 4.69) is 14.2 Å². The van der Waals surface area contributed by atoms with Gasteiger partial charge in [0.15, 0.2) is 6.29 Å². The Balaban J connectivity index is 2.43. The van der Waals surface area contributed by atoms with Gasteiger partial charge in [0.25, 0.3) is 6.17 Å². The van der Waals surface area contributed by atoms with Crippen LogP contribution in [0.25, 0.3) is 0 Å². The summed E-state index contributed by atoms with van der Waals surface area (Å²) in [5, 5.41) is 0. The Labute approximate surface area is 86.3 Å². The number of hydrogen-bond donors (Lipinski definition) is 0. The van der Waals surface area contributed by atoms with Gasteiger partial charge in [-0.05, 0) is 0 Å². The molecule has 16 heavy (non-hydrogen) atoms. The fourth-order valence-corrected chi connectivity index (χ4v) is 0.946. The molecule has 1 saturated heterocycles. The fraction of sp³-hybridized carbons (Fsp3) is 1.00. The van der Waals surface area contributed by atoms with Gasteiger partial charge in [0.1, 0.15) is 6.61 Å². The van der Waals surface area contributed by atoms with Gasteiger partial charge < -0.3 is 14.2 Å². The number of rotatable bonds is 4. The molecule has 1 heterocycles. The number of alkyl halides is 6. The number of ether oxygens (including phenoxy) is 3. The van der Waals surface area contributed by atoms with E-state index < -0.39 is 31.4 Å². The second kappa shape index (κ2) is 4.76. The summed E-state index contributed by atoms with van der Waals surface area (Å²) in [7, 11) is 0. The lowest BCUT2D eigenvalue weighted by atomic mass is 10.3. The molecule has 1 aliphatic heterocycles. The molecule has 1 aliphatic rings. The first-order valence-corrected chi connectivity index (χ1v) is 4.19. The van der Waals surface area contributed by atoms with Crippen molar-refractivity contribution in [2.24, 2.45) is 0 Å². The van der Waals surface area contributed by atoms with E-state index in [0.29, 0.717) is 0 Å². The maximum atomic E-state index is 12.5. The summed E-state index contributed by atoms with van der Waals surface area (Å²) in [5.74, 6) is 0. The average Bonchev–Trinajstić information content (AvgIpc) is 2.64. The molecule has 1 unspecified atom stereocenters. The van der Waals surface area contributed by atoms with Gasteiger partial charge in [-0.25, -0.2) is 4.39 Å². The predicted molar refractivity (Wildman–Crippen MR) is 37.5 cm³/mol. The van der Waals surface area contributed by atoms with E-state index in [4.69, 9.17) is 0 Å². The molecule has 0 aliphatic carbocycles. The highest BCUT2D eigenvalue weighted by Gasteiger charge is 2.58. The first kappa shape index (κ1) is 13.5. The minimum absolute atomic E-state index is 0.123. The molecular formula is C7H8F6O3. The molecule has 0 amide bonds. The Bertz CT molecular complexity index is 225. The molecule has 1 fully saturated rings. The molecule has 0 N–H and O–H groups in total. The van der Waals surface area contributed by atoms with E-state index in [0.717, 1.165) is 0 Å². The van der Waals surface area contributed by atoms with Gasteiger partial charge in [0, 0.05) is 0 Å². The Morgan fingerprint density at radius 2 is 1.62 bits per heavy atom. The van der Waals surface area contributed by atoms with Crippen LogP contribution in [0.5, 0.6) is 0 Å². The van der Waals surface area contributed by atoms with Gasteiger partial charge in [-0.15, -0.1) is 0 Å². The highest BCUT2D eigenvalue weighted by atomic mass is 19.4.